The van der Waals surface area contributed by atoms with E-state index in [2.05, 4.69) is 10.6 Å². The summed E-state index contributed by atoms with van der Waals surface area (Å²) in [7, 11) is 0. The number of halogens is 3. The minimum absolute atomic E-state index is 0.0417. The maximum Gasteiger partial charge on any atom is 0.408 e. The molecule has 0 saturated carbocycles. The second kappa shape index (κ2) is 15.5. The number of nitrogens with one attached hydrogen (secondary N) is 2. The Labute approximate surface area is 276 Å². The minimum Gasteiger partial charge on any atom is -0.465 e. The van der Waals surface area contributed by atoms with E-state index in [9.17, 15) is 33.4 Å². The third-order valence-corrected chi connectivity index (χ3v) is 8.02. The first kappa shape index (κ1) is 36.2. The summed E-state index contributed by atoms with van der Waals surface area (Å²) in [5.41, 5.74) is 0.135. The number of carbonyl (C=O) groups excluding carboxylic acids is 2. The van der Waals surface area contributed by atoms with Gasteiger partial charge >= 0.3 is 12.2 Å². The lowest BCUT2D eigenvalue weighted by Crippen LogP contribution is -2.57. The smallest absolute Gasteiger partial charge is 0.408 e. The van der Waals surface area contributed by atoms with Gasteiger partial charge in [-0.2, -0.15) is 0 Å². The summed E-state index contributed by atoms with van der Waals surface area (Å²) in [5, 5.41) is 24.6. The first-order valence-electron chi connectivity index (χ1n) is 15.5. The van der Waals surface area contributed by atoms with E-state index in [1.807, 2.05) is 0 Å². The number of aliphatic hydroxyl groups is 1. The number of amides is 3. The minimum atomic E-state index is -1.41. The lowest BCUT2D eigenvalue weighted by atomic mass is 9.84. The average Bonchev–Trinajstić information content (AvgIpc) is 3.01. The molecule has 10 nitrogen and oxygen atoms in total. The van der Waals surface area contributed by atoms with Crippen LogP contribution in [0.4, 0.5) is 28.4 Å². The molecular formula is C35H40F3N3O7. The molecule has 1 aliphatic rings. The van der Waals surface area contributed by atoms with Gasteiger partial charge in [-0.25, -0.2) is 22.8 Å². The highest BCUT2D eigenvalue weighted by atomic mass is 19.1. The summed E-state index contributed by atoms with van der Waals surface area (Å²) < 4.78 is 54.6. The maximum absolute atomic E-state index is 15.3. The zero-order chi connectivity index (χ0) is 35.2. The molecule has 4 rings (SSSR count). The van der Waals surface area contributed by atoms with E-state index < -0.39 is 78.0 Å². The Morgan fingerprint density at radius 3 is 2.08 bits per heavy atom. The number of rotatable bonds is 10. The summed E-state index contributed by atoms with van der Waals surface area (Å²) in [4.78, 5) is 40.1. The number of anilines is 1. The van der Waals surface area contributed by atoms with Crippen molar-refractivity contribution in [1.29, 1.82) is 0 Å². The van der Waals surface area contributed by atoms with Crippen LogP contribution in [0.1, 0.15) is 56.7 Å². The Bertz CT molecular complexity index is 1540. The quantitative estimate of drug-likeness (QED) is 0.213. The van der Waals surface area contributed by atoms with Crippen molar-refractivity contribution in [3.05, 3.63) is 101 Å². The number of hydrogen-bond donors (Lipinski definition) is 4. The van der Waals surface area contributed by atoms with E-state index in [4.69, 9.17) is 9.47 Å². The van der Waals surface area contributed by atoms with Crippen molar-refractivity contribution in [1.82, 2.24) is 10.2 Å². The molecule has 1 heterocycles. The van der Waals surface area contributed by atoms with Gasteiger partial charge in [0, 0.05) is 17.2 Å². The van der Waals surface area contributed by atoms with Crippen LogP contribution in [-0.4, -0.2) is 76.3 Å². The number of carbonyl (C=O) groups is 3. The lowest BCUT2D eigenvalue weighted by molar-refractivity contribution is -0.118. The zero-order valence-electron chi connectivity index (χ0n) is 27.1. The molecule has 13 heteroatoms. The molecule has 3 amide bonds. The van der Waals surface area contributed by atoms with Gasteiger partial charge in [0.15, 0.2) is 0 Å². The molecule has 0 aliphatic carbocycles. The Morgan fingerprint density at radius 2 is 1.56 bits per heavy atom. The van der Waals surface area contributed by atoms with Crippen molar-refractivity contribution < 1.29 is 47.2 Å². The van der Waals surface area contributed by atoms with Crippen molar-refractivity contribution in [2.24, 2.45) is 0 Å². The molecule has 258 valence electrons. The second-order valence-corrected chi connectivity index (χ2v) is 12.6. The van der Waals surface area contributed by atoms with Gasteiger partial charge in [-0.3, -0.25) is 9.69 Å². The van der Waals surface area contributed by atoms with Crippen LogP contribution in [0.25, 0.3) is 0 Å². The summed E-state index contributed by atoms with van der Waals surface area (Å²) in [6, 6.07) is 12.5. The molecule has 3 aromatic rings. The van der Waals surface area contributed by atoms with Gasteiger partial charge in [0.05, 0.1) is 31.4 Å². The zero-order valence-corrected chi connectivity index (χ0v) is 27.1. The van der Waals surface area contributed by atoms with Crippen molar-refractivity contribution in [3.63, 3.8) is 0 Å². The molecule has 1 saturated heterocycles. The number of alkyl carbamates (subject to hydrolysis) is 1. The van der Waals surface area contributed by atoms with Crippen molar-refractivity contribution in [2.75, 3.05) is 18.5 Å². The molecule has 0 aromatic heterocycles. The van der Waals surface area contributed by atoms with Crippen LogP contribution in [-0.2, 0) is 20.7 Å². The molecule has 4 N–H and O–H groups in total. The van der Waals surface area contributed by atoms with Gasteiger partial charge in [-0.15, -0.1) is 0 Å². The predicted molar refractivity (Wildman–Crippen MR) is 171 cm³/mol. The van der Waals surface area contributed by atoms with E-state index in [0.717, 1.165) is 4.90 Å². The molecule has 3 aromatic carbocycles. The second-order valence-electron chi connectivity index (χ2n) is 12.6. The van der Waals surface area contributed by atoms with Gasteiger partial charge in [-0.1, -0.05) is 30.3 Å². The third-order valence-electron chi connectivity index (χ3n) is 8.02. The largest absolute Gasteiger partial charge is 0.465 e. The van der Waals surface area contributed by atoms with E-state index in [0.29, 0.717) is 11.1 Å². The highest BCUT2D eigenvalue weighted by molar-refractivity contribution is 5.98. The highest BCUT2D eigenvalue weighted by Gasteiger charge is 2.38. The predicted octanol–water partition coefficient (Wildman–Crippen LogP) is 5.83. The van der Waals surface area contributed by atoms with Crippen molar-refractivity contribution >= 4 is 23.8 Å². The maximum atomic E-state index is 15.3. The number of hydrogen-bond acceptors (Lipinski definition) is 6. The van der Waals surface area contributed by atoms with Gasteiger partial charge < -0.3 is 30.3 Å². The fraction of sp³-hybridized carbons (Fsp3) is 0.400. The van der Waals surface area contributed by atoms with E-state index in [1.165, 1.54) is 66.7 Å². The van der Waals surface area contributed by atoms with Crippen LogP contribution >= 0.6 is 0 Å². The van der Waals surface area contributed by atoms with Gasteiger partial charge in [0.2, 0.25) is 5.91 Å². The Hall–Kier alpha value is -4.62. The number of ether oxygens (including phenoxy) is 2. The molecule has 1 fully saturated rings. The first-order valence-corrected chi connectivity index (χ1v) is 15.5. The number of nitrogens with zero attached hydrogens (tertiary/aromatic N) is 1. The van der Waals surface area contributed by atoms with Crippen LogP contribution in [0.3, 0.4) is 0 Å². The average molecular weight is 672 g/mol. The summed E-state index contributed by atoms with van der Waals surface area (Å²) >= 11 is 0. The van der Waals surface area contributed by atoms with Crippen molar-refractivity contribution in [2.45, 2.75) is 76.3 Å². The van der Waals surface area contributed by atoms with Crippen LogP contribution in [0, 0.1) is 17.5 Å². The molecular weight excluding hydrogens is 631 g/mol. The number of carboxylic acid groups (broad SMARTS) is 1. The van der Waals surface area contributed by atoms with E-state index >= 15 is 4.39 Å². The number of benzene rings is 3. The summed E-state index contributed by atoms with van der Waals surface area (Å²) in [5.74, 6) is -3.43. The molecule has 4 atom stereocenters. The first-order chi connectivity index (χ1) is 22.7. The highest BCUT2D eigenvalue weighted by Crippen LogP contribution is 2.31. The van der Waals surface area contributed by atoms with Gasteiger partial charge in [0.1, 0.15) is 29.1 Å². The van der Waals surface area contributed by atoms with Gasteiger partial charge in [0.25, 0.3) is 0 Å². The molecule has 4 unspecified atom stereocenters. The van der Waals surface area contributed by atoms with Crippen LogP contribution in [0.5, 0.6) is 0 Å². The van der Waals surface area contributed by atoms with Gasteiger partial charge in [-0.05, 0) is 88.1 Å². The number of morpholine rings is 1. The lowest BCUT2D eigenvalue weighted by Gasteiger charge is -2.41. The summed E-state index contributed by atoms with van der Waals surface area (Å²) in [6.45, 7) is 6.13. The fourth-order valence-corrected chi connectivity index (χ4v) is 5.77. The Kier molecular flexibility index (Phi) is 11.7. The molecule has 48 heavy (non-hydrogen) atoms. The molecule has 1 aliphatic heterocycles. The van der Waals surface area contributed by atoms with Crippen LogP contribution < -0.4 is 10.6 Å². The topological polar surface area (TPSA) is 137 Å². The fourth-order valence-electron chi connectivity index (χ4n) is 5.77. The Balaban J connectivity index is 1.66. The normalized spacial score (nSPS) is 18.7. The van der Waals surface area contributed by atoms with E-state index in [-0.39, 0.29) is 30.6 Å². The molecule has 0 bridgehead atoms. The van der Waals surface area contributed by atoms with Crippen LogP contribution in [0.2, 0.25) is 0 Å². The monoisotopic (exact) mass is 671 g/mol. The number of aliphatic hydroxyl groups excluding tert-OH is 1. The third kappa shape index (κ3) is 9.26. The molecule has 0 spiro atoms. The van der Waals surface area contributed by atoms with E-state index in [1.54, 1.807) is 27.7 Å². The molecule has 0 radical (unpaired) electrons. The van der Waals surface area contributed by atoms with Crippen molar-refractivity contribution in [3.8, 4) is 0 Å². The van der Waals surface area contributed by atoms with Crippen LogP contribution in [0.15, 0.2) is 66.7 Å². The SMILES string of the molecule is CC1OC(CCc2c(F)cccc2NC(=O)C(NC(=O)OC(C)(C)C)C(c2ccc(F)cc2)c2ccc(F)cc2)CN(C(=O)O)C1CO. The Morgan fingerprint density at radius 1 is 0.979 bits per heavy atom. The summed E-state index contributed by atoms with van der Waals surface area (Å²) in [6.07, 6.45) is -3.15. The standard InChI is InChI=1S/C35H40F3N3O7/c1-20-29(19-42)41(34(45)46)18-25(47-20)16-17-26-27(38)6-5-7-28(26)39-32(43)31(40-33(44)48-35(2,3)4)30(21-8-12-23(36)13-9-21)22-10-14-24(37)15-11-22/h5-15,20,25,29-31,42H,16-19H2,1-4H3,(H,39,43)(H,40,44)(H,45,46).